The molecule has 1 fully saturated rings. The minimum absolute atomic E-state index is 0.0614. The zero-order chi connectivity index (χ0) is 21.0. The van der Waals surface area contributed by atoms with Crippen LogP contribution in [0.2, 0.25) is 0 Å². The summed E-state index contributed by atoms with van der Waals surface area (Å²) >= 11 is 0. The highest BCUT2D eigenvalue weighted by Crippen LogP contribution is 2.27. The third-order valence-corrected chi connectivity index (χ3v) is 4.95. The van der Waals surface area contributed by atoms with Crippen molar-refractivity contribution in [3.05, 3.63) is 47.3 Å². The summed E-state index contributed by atoms with van der Waals surface area (Å²) < 4.78 is 14.6. The van der Waals surface area contributed by atoms with E-state index in [1.807, 2.05) is 31.2 Å². The molecular formula is C20H24FN5O3. The zero-order valence-electron chi connectivity index (χ0n) is 16.0. The van der Waals surface area contributed by atoms with Crippen LogP contribution < -0.4 is 21.7 Å². The molecule has 1 aliphatic rings. The van der Waals surface area contributed by atoms with Crippen LogP contribution in [0.15, 0.2) is 30.3 Å². The SMILES string of the molecule is Cc1ccc(Nc2nc(N[C@@H]3CCCC[C@@H]3NC(=O)O)c(F)cc2C(N)=O)cc1. The van der Waals surface area contributed by atoms with Crippen molar-refractivity contribution in [2.45, 2.75) is 44.7 Å². The number of primary amides is 1. The van der Waals surface area contributed by atoms with Crippen LogP contribution in [0.4, 0.5) is 26.5 Å². The third-order valence-electron chi connectivity index (χ3n) is 4.95. The summed E-state index contributed by atoms with van der Waals surface area (Å²) in [5.74, 6) is -1.47. The van der Waals surface area contributed by atoms with Crippen molar-refractivity contribution in [1.29, 1.82) is 0 Å². The Labute approximate surface area is 167 Å². The fourth-order valence-corrected chi connectivity index (χ4v) is 3.46. The van der Waals surface area contributed by atoms with Gasteiger partial charge in [-0.05, 0) is 38.0 Å². The van der Waals surface area contributed by atoms with Gasteiger partial charge in [0.05, 0.1) is 11.6 Å². The first kappa shape index (κ1) is 20.4. The second-order valence-corrected chi connectivity index (χ2v) is 7.16. The number of nitrogens with two attached hydrogens (primary N) is 1. The van der Waals surface area contributed by atoms with E-state index < -0.39 is 17.8 Å². The summed E-state index contributed by atoms with van der Waals surface area (Å²) in [6.07, 6.45) is 1.98. The number of benzene rings is 1. The van der Waals surface area contributed by atoms with E-state index in [1.54, 1.807) is 0 Å². The first-order valence-electron chi connectivity index (χ1n) is 9.43. The number of carboxylic acid groups (broad SMARTS) is 1. The van der Waals surface area contributed by atoms with E-state index in [0.717, 1.165) is 24.5 Å². The summed E-state index contributed by atoms with van der Waals surface area (Å²) in [4.78, 5) is 27.1. The summed E-state index contributed by atoms with van der Waals surface area (Å²) in [7, 11) is 0. The van der Waals surface area contributed by atoms with Gasteiger partial charge >= 0.3 is 6.09 Å². The molecule has 2 amide bonds. The smallest absolute Gasteiger partial charge is 0.404 e. The van der Waals surface area contributed by atoms with Crippen LogP contribution >= 0.6 is 0 Å². The Morgan fingerprint density at radius 2 is 1.79 bits per heavy atom. The zero-order valence-corrected chi connectivity index (χ0v) is 16.0. The minimum atomic E-state index is -1.12. The Morgan fingerprint density at radius 3 is 2.41 bits per heavy atom. The van der Waals surface area contributed by atoms with E-state index in [0.29, 0.717) is 18.5 Å². The van der Waals surface area contributed by atoms with Gasteiger partial charge in [-0.25, -0.2) is 14.2 Å². The molecule has 1 aromatic heterocycles. The second-order valence-electron chi connectivity index (χ2n) is 7.16. The molecule has 1 aliphatic carbocycles. The van der Waals surface area contributed by atoms with E-state index in [1.165, 1.54) is 0 Å². The molecule has 6 N–H and O–H groups in total. The van der Waals surface area contributed by atoms with Gasteiger partial charge in [-0.3, -0.25) is 4.79 Å². The van der Waals surface area contributed by atoms with Gasteiger partial charge in [0.15, 0.2) is 11.6 Å². The van der Waals surface area contributed by atoms with Crippen LogP contribution in [0.3, 0.4) is 0 Å². The molecule has 154 valence electrons. The van der Waals surface area contributed by atoms with Gasteiger partial charge in [0, 0.05) is 11.7 Å². The minimum Gasteiger partial charge on any atom is -0.465 e. The largest absolute Gasteiger partial charge is 0.465 e. The molecule has 0 unspecified atom stereocenters. The molecule has 0 radical (unpaired) electrons. The van der Waals surface area contributed by atoms with E-state index in [2.05, 4.69) is 20.9 Å². The highest BCUT2D eigenvalue weighted by Gasteiger charge is 2.28. The number of aromatic nitrogens is 1. The topological polar surface area (TPSA) is 129 Å². The van der Waals surface area contributed by atoms with E-state index in [9.17, 15) is 14.0 Å². The highest BCUT2D eigenvalue weighted by molar-refractivity contribution is 5.98. The molecule has 0 bridgehead atoms. The number of rotatable bonds is 6. The average Bonchev–Trinajstić information content (AvgIpc) is 2.67. The molecule has 0 aliphatic heterocycles. The van der Waals surface area contributed by atoms with Crippen LogP contribution in [0.25, 0.3) is 0 Å². The Kier molecular flexibility index (Phi) is 6.16. The van der Waals surface area contributed by atoms with Gasteiger partial charge in [0.25, 0.3) is 5.91 Å². The molecule has 3 rings (SSSR count). The van der Waals surface area contributed by atoms with Crippen molar-refractivity contribution in [2.24, 2.45) is 5.73 Å². The number of amides is 2. The molecule has 1 saturated carbocycles. The molecule has 0 spiro atoms. The molecule has 29 heavy (non-hydrogen) atoms. The van der Waals surface area contributed by atoms with Gasteiger partial charge < -0.3 is 26.8 Å². The van der Waals surface area contributed by atoms with Crippen LogP contribution in [-0.2, 0) is 0 Å². The van der Waals surface area contributed by atoms with Gasteiger partial charge in [-0.2, -0.15) is 0 Å². The number of nitrogens with zero attached hydrogens (tertiary/aromatic N) is 1. The van der Waals surface area contributed by atoms with Crippen LogP contribution in [0.1, 0.15) is 41.6 Å². The Balaban J connectivity index is 1.89. The van der Waals surface area contributed by atoms with Gasteiger partial charge in [0.1, 0.15) is 5.82 Å². The van der Waals surface area contributed by atoms with Crippen molar-refractivity contribution in [3.63, 3.8) is 0 Å². The fraction of sp³-hybridized carbons (Fsp3) is 0.350. The Hall–Kier alpha value is -3.36. The van der Waals surface area contributed by atoms with E-state index in [-0.39, 0.29) is 29.3 Å². The van der Waals surface area contributed by atoms with Gasteiger partial charge in [-0.1, -0.05) is 30.5 Å². The maximum Gasteiger partial charge on any atom is 0.404 e. The Morgan fingerprint density at radius 1 is 1.14 bits per heavy atom. The van der Waals surface area contributed by atoms with E-state index >= 15 is 0 Å². The molecule has 1 aromatic carbocycles. The second kappa shape index (κ2) is 8.76. The Bertz CT molecular complexity index is 904. The first-order chi connectivity index (χ1) is 13.8. The number of anilines is 3. The van der Waals surface area contributed by atoms with Crippen molar-refractivity contribution in [2.75, 3.05) is 10.6 Å². The van der Waals surface area contributed by atoms with Gasteiger partial charge in [-0.15, -0.1) is 0 Å². The van der Waals surface area contributed by atoms with Gasteiger partial charge in [0.2, 0.25) is 0 Å². The maximum atomic E-state index is 14.6. The number of hydrogen-bond acceptors (Lipinski definition) is 5. The third kappa shape index (κ3) is 5.13. The molecule has 2 atom stereocenters. The number of aryl methyl sites for hydroxylation is 1. The van der Waals surface area contributed by atoms with E-state index in [4.69, 9.17) is 10.8 Å². The summed E-state index contributed by atoms with van der Waals surface area (Å²) in [6.45, 7) is 1.95. The lowest BCUT2D eigenvalue weighted by molar-refractivity contribution is 0.100. The van der Waals surface area contributed by atoms with Crippen molar-refractivity contribution < 1.29 is 19.1 Å². The molecule has 2 aromatic rings. The van der Waals surface area contributed by atoms with Crippen LogP contribution in [0.5, 0.6) is 0 Å². The standard InChI is InChI=1S/C20H24FN5O3/c1-11-6-8-12(9-7-11)23-18-13(17(22)27)10-14(21)19(26-18)24-15-4-2-3-5-16(15)25-20(28)29/h6-10,15-16,25H,2-5H2,1H3,(H2,22,27)(H,28,29)(H2,23,24,26)/t15-,16+/m1/s1. The van der Waals surface area contributed by atoms with Crippen molar-refractivity contribution in [1.82, 2.24) is 10.3 Å². The van der Waals surface area contributed by atoms with Crippen LogP contribution in [-0.4, -0.2) is 34.2 Å². The number of carbonyl (C=O) groups is 2. The molecule has 0 saturated heterocycles. The lowest BCUT2D eigenvalue weighted by Gasteiger charge is -2.32. The monoisotopic (exact) mass is 401 g/mol. The number of pyridine rings is 1. The number of nitrogens with one attached hydrogen (secondary N) is 3. The average molecular weight is 401 g/mol. The molecule has 8 nitrogen and oxygen atoms in total. The fourth-order valence-electron chi connectivity index (χ4n) is 3.46. The van der Waals surface area contributed by atoms with Crippen molar-refractivity contribution in [3.8, 4) is 0 Å². The highest BCUT2D eigenvalue weighted by atomic mass is 19.1. The predicted molar refractivity (Wildman–Crippen MR) is 108 cm³/mol. The lowest BCUT2D eigenvalue weighted by Crippen LogP contribution is -2.48. The quantitative estimate of drug-likeness (QED) is 0.505. The maximum absolute atomic E-state index is 14.6. The number of hydrogen-bond donors (Lipinski definition) is 5. The van der Waals surface area contributed by atoms with Crippen LogP contribution in [0, 0.1) is 12.7 Å². The molecule has 9 heteroatoms. The van der Waals surface area contributed by atoms with Crippen molar-refractivity contribution >= 4 is 29.3 Å². The summed E-state index contributed by atoms with van der Waals surface area (Å²) in [5, 5.41) is 17.5. The lowest BCUT2D eigenvalue weighted by atomic mass is 9.90. The summed E-state index contributed by atoms with van der Waals surface area (Å²) in [5.41, 5.74) is 7.06. The summed E-state index contributed by atoms with van der Waals surface area (Å²) in [6, 6.07) is 7.77. The number of carbonyl (C=O) groups excluding carboxylic acids is 1. The molecule has 1 heterocycles. The molecular weight excluding hydrogens is 377 g/mol. The number of halogens is 1. The normalized spacial score (nSPS) is 18.7. The first-order valence-corrected chi connectivity index (χ1v) is 9.43. The predicted octanol–water partition coefficient (Wildman–Crippen LogP) is 3.36.